The number of methoxy groups -OCH3 is 1. The number of nitrogens with zero attached hydrogens (tertiary/aromatic N) is 2. The van der Waals surface area contributed by atoms with E-state index in [0.717, 1.165) is 10.9 Å². The number of carbonyl (C=O) groups is 3. The van der Waals surface area contributed by atoms with Crippen LogP contribution in [0.25, 0.3) is 10.9 Å². The van der Waals surface area contributed by atoms with Gasteiger partial charge < -0.3 is 20.4 Å². The van der Waals surface area contributed by atoms with Gasteiger partial charge in [-0.15, -0.1) is 0 Å². The van der Waals surface area contributed by atoms with Crippen molar-refractivity contribution in [1.29, 1.82) is 5.26 Å². The van der Waals surface area contributed by atoms with Gasteiger partial charge in [-0.2, -0.15) is 5.26 Å². The summed E-state index contributed by atoms with van der Waals surface area (Å²) in [6, 6.07) is 8.58. The molecule has 33 heavy (non-hydrogen) atoms. The molecule has 9 nitrogen and oxygen atoms in total. The maximum absolute atomic E-state index is 13.2. The molecule has 2 atom stereocenters. The first-order valence-corrected chi connectivity index (χ1v) is 11.2. The second-order valence-electron chi connectivity index (χ2n) is 8.83. The fourth-order valence-corrected chi connectivity index (χ4v) is 4.15. The van der Waals surface area contributed by atoms with E-state index in [1.165, 1.54) is 0 Å². The molecule has 1 aromatic carbocycles. The van der Waals surface area contributed by atoms with Crippen LogP contribution in [0.15, 0.2) is 24.3 Å². The van der Waals surface area contributed by atoms with Crippen molar-refractivity contribution in [2.75, 3.05) is 33.3 Å². The van der Waals surface area contributed by atoms with E-state index in [1.54, 1.807) is 18.1 Å². The summed E-state index contributed by atoms with van der Waals surface area (Å²) in [6.45, 7) is 4.95. The molecule has 2 amide bonds. The lowest BCUT2D eigenvalue weighted by Crippen LogP contribution is -2.47. The molecule has 9 heteroatoms. The van der Waals surface area contributed by atoms with E-state index in [9.17, 15) is 19.6 Å². The van der Waals surface area contributed by atoms with Gasteiger partial charge in [0.25, 0.3) is 5.91 Å². The average Bonchev–Trinajstić information content (AvgIpc) is 3.39. The van der Waals surface area contributed by atoms with Gasteiger partial charge in [0.2, 0.25) is 5.91 Å². The van der Waals surface area contributed by atoms with Crippen molar-refractivity contribution >= 4 is 28.5 Å². The van der Waals surface area contributed by atoms with Gasteiger partial charge in [0.05, 0.1) is 38.2 Å². The van der Waals surface area contributed by atoms with Crippen LogP contribution in [0, 0.1) is 23.2 Å². The van der Waals surface area contributed by atoms with Gasteiger partial charge in [-0.1, -0.05) is 19.9 Å². The van der Waals surface area contributed by atoms with Crippen LogP contribution in [0.4, 0.5) is 0 Å². The summed E-state index contributed by atoms with van der Waals surface area (Å²) in [4.78, 5) is 42.8. The largest absolute Gasteiger partial charge is 0.496 e. The summed E-state index contributed by atoms with van der Waals surface area (Å²) in [5.41, 5.74) is 1.11. The molecule has 0 aliphatic carbocycles. The predicted octanol–water partition coefficient (Wildman–Crippen LogP) is 1.85. The van der Waals surface area contributed by atoms with E-state index in [4.69, 9.17) is 4.74 Å². The third kappa shape index (κ3) is 6.11. The Kier molecular flexibility index (Phi) is 8.06. The van der Waals surface area contributed by atoms with E-state index in [1.807, 2.05) is 32.0 Å². The van der Waals surface area contributed by atoms with Crippen molar-refractivity contribution in [3.05, 3.63) is 30.0 Å². The topological polar surface area (TPSA) is 127 Å². The number of amides is 2. The number of nitrogens with one attached hydrogen (secondary N) is 3. The highest BCUT2D eigenvalue weighted by Crippen LogP contribution is 2.26. The number of benzene rings is 1. The number of ketones is 1. The molecule has 3 N–H and O–H groups in total. The number of rotatable bonds is 11. The molecule has 1 saturated heterocycles. The molecule has 0 unspecified atom stereocenters. The smallest absolute Gasteiger partial charge is 0.268 e. The molecule has 1 fully saturated rings. The molecule has 176 valence electrons. The van der Waals surface area contributed by atoms with Crippen LogP contribution < -0.4 is 15.4 Å². The Hall–Kier alpha value is -3.38. The lowest BCUT2D eigenvalue weighted by atomic mass is 9.99. The maximum Gasteiger partial charge on any atom is 0.268 e. The summed E-state index contributed by atoms with van der Waals surface area (Å²) in [7, 11) is 1.57. The SMILES string of the molecule is COc1cccc2[nH]c(C(=O)N[C@@H](CC(C)C)C(=O)CN(CC#N)C[C@@H]3CCNC3=O)cc12. The van der Waals surface area contributed by atoms with Gasteiger partial charge in [-0.05, 0) is 37.0 Å². The fraction of sp³-hybridized carbons (Fsp3) is 0.500. The van der Waals surface area contributed by atoms with Crippen molar-refractivity contribution in [2.24, 2.45) is 11.8 Å². The number of H-pyrrole nitrogens is 1. The normalized spacial score (nSPS) is 16.6. The van der Waals surface area contributed by atoms with Crippen molar-refractivity contribution in [3.63, 3.8) is 0 Å². The lowest BCUT2D eigenvalue weighted by Gasteiger charge is -2.25. The Labute approximate surface area is 193 Å². The third-order valence-corrected chi connectivity index (χ3v) is 5.80. The van der Waals surface area contributed by atoms with E-state index in [2.05, 4.69) is 21.7 Å². The minimum absolute atomic E-state index is 0.00443. The summed E-state index contributed by atoms with van der Waals surface area (Å²) in [5, 5.41) is 15.6. The number of nitriles is 1. The number of fused-ring (bicyclic) bond motifs is 1. The third-order valence-electron chi connectivity index (χ3n) is 5.80. The van der Waals surface area contributed by atoms with Crippen molar-refractivity contribution < 1.29 is 19.1 Å². The van der Waals surface area contributed by atoms with Crippen LogP contribution in [-0.4, -0.2) is 66.8 Å². The Morgan fingerprint density at radius 1 is 1.36 bits per heavy atom. The summed E-state index contributed by atoms with van der Waals surface area (Å²) >= 11 is 0. The number of carbonyl (C=O) groups excluding carboxylic acids is 3. The standard InChI is InChI=1S/C24H31N5O4/c1-15(2)11-19(21(30)14-29(10-8-25)13-16-7-9-26-23(16)31)28-24(32)20-12-17-18(27-20)5-4-6-22(17)33-3/h4-6,12,15-16,19,27H,7,9-11,13-14H2,1-3H3,(H,26,31)(H,28,32)/t16-,19-/m0/s1. The van der Waals surface area contributed by atoms with E-state index < -0.39 is 6.04 Å². The van der Waals surface area contributed by atoms with Gasteiger partial charge in [0.1, 0.15) is 11.4 Å². The Bertz CT molecular complexity index is 1050. The van der Waals surface area contributed by atoms with Gasteiger partial charge in [-0.3, -0.25) is 19.3 Å². The zero-order valence-corrected chi connectivity index (χ0v) is 19.3. The summed E-state index contributed by atoms with van der Waals surface area (Å²) < 4.78 is 5.36. The van der Waals surface area contributed by atoms with Crippen LogP contribution in [0.1, 0.15) is 37.2 Å². The van der Waals surface area contributed by atoms with Crippen molar-refractivity contribution in [1.82, 2.24) is 20.5 Å². The van der Waals surface area contributed by atoms with Gasteiger partial charge in [0, 0.05) is 24.0 Å². The molecule has 0 saturated carbocycles. The van der Waals surface area contributed by atoms with E-state index in [-0.39, 0.29) is 42.5 Å². The van der Waals surface area contributed by atoms with Crippen LogP contribution >= 0.6 is 0 Å². The molecule has 0 spiro atoms. The molecule has 1 aliphatic rings. The number of aromatic amines is 1. The monoisotopic (exact) mass is 453 g/mol. The van der Waals surface area contributed by atoms with E-state index >= 15 is 0 Å². The molecule has 0 bridgehead atoms. The van der Waals surface area contributed by atoms with Gasteiger partial charge >= 0.3 is 0 Å². The summed E-state index contributed by atoms with van der Waals surface area (Å²) in [6.07, 6.45) is 1.16. The molecule has 2 aromatic rings. The number of hydrogen-bond acceptors (Lipinski definition) is 6. The molecule has 0 radical (unpaired) electrons. The highest BCUT2D eigenvalue weighted by Gasteiger charge is 2.29. The molecular formula is C24H31N5O4. The number of ether oxygens (including phenoxy) is 1. The second kappa shape index (κ2) is 11.0. The Balaban J connectivity index is 1.72. The Morgan fingerprint density at radius 2 is 2.15 bits per heavy atom. The molecule has 2 heterocycles. The zero-order chi connectivity index (χ0) is 24.0. The van der Waals surface area contributed by atoms with Crippen LogP contribution in [-0.2, 0) is 9.59 Å². The predicted molar refractivity (Wildman–Crippen MR) is 124 cm³/mol. The molecule has 3 rings (SSSR count). The number of hydrogen-bond donors (Lipinski definition) is 3. The maximum atomic E-state index is 13.2. The highest BCUT2D eigenvalue weighted by molar-refractivity contribution is 6.01. The minimum Gasteiger partial charge on any atom is -0.496 e. The Morgan fingerprint density at radius 3 is 2.79 bits per heavy atom. The highest BCUT2D eigenvalue weighted by atomic mass is 16.5. The number of aromatic nitrogens is 1. The number of Topliss-reactive ketones (excluding diaryl/α,β-unsaturated/α-hetero) is 1. The van der Waals surface area contributed by atoms with Crippen molar-refractivity contribution in [2.45, 2.75) is 32.7 Å². The minimum atomic E-state index is -0.704. The second-order valence-corrected chi connectivity index (χ2v) is 8.83. The first-order chi connectivity index (χ1) is 15.8. The van der Waals surface area contributed by atoms with Crippen LogP contribution in [0.3, 0.4) is 0 Å². The fourth-order valence-electron chi connectivity index (χ4n) is 4.15. The zero-order valence-electron chi connectivity index (χ0n) is 19.3. The van der Waals surface area contributed by atoms with Gasteiger partial charge in [0.15, 0.2) is 5.78 Å². The van der Waals surface area contributed by atoms with Crippen LogP contribution in [0.2, 0.25) is 0 Å². The average molecular weight is 454 g/mol. The first-order valence-electron chi connectivity index (χ1n) is 11.2. The lowest BCUT2D eigenvalue weighted by molar-refractivity contribution is -0.125. The van der Waals surface area contributed by atoms with Gasteiger partial charge in [-0.25, -0.2) is 0 Å². The molecular weight excluding hydrogens is 422 g/mol. The van der Waals surface area contributed by atoms with Crippen molar-refractivity contribution in [3.8, 4) is 11.8 Å². The van der Waals surface area contributed by atoms with E-state index in [0.29, 0.717) is 37.4 Å². The molecule has 1 aromatic heterocycles. The van der Waals surface area contributed by atoms with Crippen LogP contribution in [0.5, 0.6) is 5.75 Å². The molecule has 1 aliphatic heterocycles. The quantitative estimate of drug-likeness (QED) is 0.446. The first kappa shape index (κ1) is 24.3. The summed E-state index contributed by atoms with van der Waals surface area (Å²) in [5.74, 6) is -0.0151.